The molecule has 78 valence electrons. The molecule has 0 unspecified atom stereocenters. The van der Waals surface area contributed by atoms with E-state index in [4.69, 9.17) is 5.11 Å². The summed E-state index contributed by atoms with van der Waals surface area (Å²) in [5.74, 6) is -1.20. The Balaban J connectivity index is 2.62. The van der Waals surface area contributed by atoms with E-state index in [9.17, 15) is 9.90 Å². The summed E-state index contributed by atoms with van der Waals surface area (Å²) in [6, 6.07) is 7.19. The van der Waals surface area contributed by atoms with Crippen molar-refractivity contribution in [2.45, 2.75) is 0 Å². The fourth-order valence-electron chi connectivity index (χ4n) is 1.74. The summed E-state index contributed by atoms with van der Waals surface area (Å²) in [6.07, 6.45) is 0. The smallest absolute Gasteiger partial charge is 0.337 e. The van der Waals surface area contributed by atoms with Crippen molar-refractivity contribution >= 4 is 17.4 Å². The van der Waals surface area contributed by atoms with Crippen LogP contribution in [0, 0.1) is 0 Å². The van der Waals surface area contributed by atoms with Gasteiger partial charge in [-0.05, 0) is 12.1 Å². The lowest BCUT2D eigenvalue weighted by Crippen LogP contribution is -2.29. The number of hydrogen-bond acceptors (Lipinski definition) is 3. The molecule has 0 saturated carbocycles. The average Bonchev–Trinajstić information content (AvgIpc) is 2.23. The molecule has 1 heterocycles. The number of aliphatic carboxylic acids is 1. The van der Waals surface area contributed by atoms with Crippen LogP contribution in [0.3, 0.4) is 0 Å². The van der Waals surface area contributed by atoms with Gasteiger partial charge < -0.3 is 15.1 Å². The lowest BCUT2D eigenvalue weighted by atomic mass is 10.0. The normalized spacial score (nSPS) is 15.1. The fraction of sp³-hybridized carbons (Fsp3) is 0.182. The first-order valence-electron chi connectivity index (χ1n) is 4.57. The third kappa shape index (κ3) is 1.44. The molecular formula is C11H11NO3. The summed E-state index contributed by atoms with van der Waals surface area (Å²) in [5, 5.41) is 18.7. The van der Waals surface area contributed by atoms with E-state index >= 15 is 0 Å². The fourth-order valence-corrected chi connectivity index (χ4v) is 1.74. The van der Waals surface area contributed by atoms with E-state index in [0.29, 0.717) is 5.56 Å². The maximum atomic E-state index is 10.9. The molecule has 0 fully saturated rings. The number of fused-ring (bicyclic) bond motifs is 1. The molecule has 4 heteroatoms. The number of hydrogen-bond donors (Lipinski definition) is 2. The van der Waals surface area contributed by atoms with E-state index in [1.54, 1.807) is 24.1 Å². The number of rotatable bonds is 1. The third-order valence-electron chi connectivity index (χ3n) is 2.51. The lowest BCUT2D eigenvalue weighted by molar-refractivity contribution is -0.132. The van der Waals surface area contributed by atoms with Gasteiger partial charge in [0.25, 0.3) is 0 Å². The molecule has 1 aromatic rings. The Kier molecular flexibility index (Phi) is 2.11. The second kappa shape index (κ2) is 3.31. The minimum atomic E-state index is -1.08. The van der Waals surface area contributed by atoms with E-state index < -0.39 is 5.97 Å². The van der Waals surface area contributed by atoms with Crippen molar-refractivity contribution in [3.05, 3.63) is 35.4 Å². The number of aliphatic hydroxyl groups excluding tert-OH is 1. The SMILES string of the molecule is CN1CC(C(=O)O)=C(O)c2ccccc21. The standard InChI is InChI=1S/C11H11NO3/c1-12-6-8(11(14)15)10(13)7-4-2-3-5-9(7)12/h2-5,13H,6H2,1H3,(H,14,15). The number of carboxylic acids is 1. The zero-order valence-electron chi connectivity index (χ0n) is 8.27. The highest BCUT2D eigenvalue weighted by Gasteiger charge is 2.25. The van der Waals surface area contributed by atoms with Crippen LogP contribution in [-0.2, 0) is 4.79 Å². The van der Waals surface area contributed by atoms with Crippen LogP contribution in [0.5, 0.6) is 0 Å². The maximum absolute atomic E-state index is 10.9. The summed E-state index contributed by atoms with van der Waals surface area (Å²) in [5.41, 5.74) is 1.46. The molecule has 0 amide bonds. The number of benzene rings is 1. The highest BCUT2D eigenvalue weighted by atomic mass is 16.4. The van der Waals surface area contributed by atoms with Crippen LogP contribution < -0.4 is 4.90 Å². The summed E-state index contributed by atoms with van der Waals surface area (Å²) in [7, 11) is 1.80. The van der Waals surface area contributed by atoms with Crippen molar-refractivity contribution in [1.29, 1.82) is 0 Å². The molecule has 1 aromatic carbocycles. The van der Waals surface area contributed by atoms with Gasteiger partial charge in [-0.3, -0.25) is 0 Å². The molecule has 1 aliphatic heterocycles. The predicted octanol–water partition coefficient (Wildman–Crippen LogP) is 1.49. The summed E-state index contributed by atoms with van der Waals surface area (Å²) < 4.78 is 0. The summed E-state index contributed by atoms with van der Waals surface area (Å²) in [6.45, 7) is 0.220. The van der Waals surface area contributed by atoms with Crippen molar-refractivity contribution in [2.75, 3.05) is 18.5 Å². The lowest BCUT2D eigenvalue weighted by Gasteiger charge is -2.27. The Bertz CT molecular complexity index is 451. The molecule has 2 rings (SSSR count). The van der Waals surface area contributed by atoms with Gasteiger partial charge in [-0.1, -0.05) is 12.1 Å². The van der Waals surface area contributed by atoms with Crippen LogP contribution in [-0.4, -0.2) is 29.8 Å². The average molecular weight is 205 g/mol. The molecule has 0 aliphatic carbocycles. The van der Waals surface area contributed by atoms with Crippen LogP contribution in [0.4, 0.5) is 5.69 Å². The molecule has 0 saturated heterocycles. The van der Waals surface area contributed by atoms with Crippen LogP contribution >= 0.6 is 0 Å². The first-order chi connectivity index (χ1) is 7.11. The minimum absolute atomic E-state index is 0.0381. The third-order valence-corrected chi connectivity index (χ3v) is 2.51. The van der Waals surface area contributed by atoms with Crippen LogP contribution in [0.15, 0.2) is 29.8 Å². The summed E-state index contributed by atoms with van der Waals surface area (Å²) >= 11 is 0. The number of nitrogens with zero attached hydrogens (tertiary/aromatic N) is 1. The Labute approximate surface area is 87.1 Å². The van der Waals surface area contributed by atoms with E-state index in [-0.39, 0.29) is 17.9 Å². The van der Waals surface area contributed by atoms with Crippen LogP contribution in [0.1, 0.15) is 5.56 Å². The summed E-state index contributed by atoms with van der Waals surface area (Å²) in [4.78, 5) is 12.7. The van der Waals surface area contributed by atoms with Gasteiger partial charge in [0.05, 0.1) is 12.1 Å². The number of aliphatic hydroxyl groups is 1. The largest absolute Gasteiger partial charge is 0.507 e. The van der Waals surface area contributed by atoms with Gasteiger partial charge in [0, 0.05) is 18.3 Å². The van der Waals surface area contributed by atoms with E-state index in [0.717, 1.165) is 5.69 Å². The Hall–Kier alpha value is -1.97. The van der Waals surface area contributed by atoms with E-state index in [2.05, 4.69) is 0 Å². The molecule has 0 aromatic heterocycles. The highest BCUT2D eigenvalue weighted by molar-refractivity contribution is 5.98. The van der Waals surface area contributed by atoms with Gasteiger partial charge in [-0.15, -0.1) is 0 Å². The number of anilines is 1. The minimum Gasteiger partial charge on any atom is -0.507 e. The number of carboxylic acid groups (broad SMARTS) is 1. The van der Waals surface area contributed by atoms with Gasteiger partial charge in [-0.25, -0.2) is 4.79 Å². The molecule has 2 N–H and O–H groups in total. The highest BCUT2D eigenvalue weighted by Crippen LogP contribution is 2.31. The maximum Gasteiger partial charge on any atom is 0.337 e. The zero-order valence-corrected chi connectivity index (χ0v) is 8.27. The molecule has 0 atom stereocenters. The zero-order chi connectivity index (χ0) is 11.0. The molecule has 0 spiro atoms. The first kappa shape index (κ1) is 9.58. The number of para-hydroxylation sites is 1. The predicted molar refractivity (Wildman–Crippen MR) is 56.9 cm³/mol. The molecule has 0 bridgehead atoms. The Morgan fingerprint density at radius 2 is 2.07 bits per heavy atom. The first-order valence-corrected chi connectivity index (χ1v) is 4.57. The second-order valence-electron chi connectivity index (χ2n) is 3.51. The van der Waals surface area contributed by atoms with Crippen molar-refractivity contribution in [1.82, 2.24) is 0 Å². The van der Waals surface area contributed by atoms with Crippen molar-refractivity contribution in [3.8, 4) is 0 Å². The number of likely N-dealkylation sites (N-methyl/N-ethyl adjacent to an activating group) is 1. The Morgan fingerprint density at radius 3 is 2.73 bits per heavy atom. The van der Waals surface area contributed by atoms with Crippen molar-refractivity contribution in [2.24, 2.45) is 0 Å². The Morgan fingerprint density at radius 1 is 1.40 bits per heavy atom. The molecule has 15 heavy (non-hydrogen) atoms. The number of carbonyl (C=O) groups is 1. The quantitative estimate of drug-likeness (QED) is 0.729. The molecule has 4 nitrogen and oxygen atoms in total. The van der Waals surface area contributed by atoms with Gasteiger partial charge in [0.2, 0.25) is 0 Å². The van der Waals surface area contributed by atoms with Crippen LogP contribution in [0.2, 0.25) is 0 Å². The second-order valence-corrected chi connectivity index (χ2v) is 3.51. The molecular weight excluding hydrogens is 194 g/mol. The van der Waals surface area contributed by atoms with Crippen molar-refractivity contribution < 1.29 is 15.0 Å². The van der Waals surface area contributed by atoms with Crippen LogP contribution in [0.25, 0.3) is 5.76 Å². The van der Waals surface area contributed by atoms with Crippen molar-refractivity contribution in [3.63, 3.8) is 0 Å². The molecule has 0 radical (unpaired) electrons. The van der Waals surface area contributed by atoms with Gasteiger partial charge in [0.1, 0.15) is 5.76 Å². The van der Waals surface area contributed by atoms with Gasteiger partial charge in [-0.2, -0.15) is 0 Å². The van der Waals surface area contributed by atoms with Gasteiger partial charge in [0.15, 0.2) is 0 Å². The monoisotopic (exact) mass is 205 g/mol. The van der Waals surface area contributed by atoms with Gasteiger partial charge >= 0.3 is 5.97 Å². The topological polar surface area (TPSA) is 60.8 Å². The molecule has 1 aliphatic rings. The van der Waals surface area contributed by atoms with E-state index in [1.165, 1.54) is 0 Å². The van der Waals surface area contributed by atoms with E-state index in [1.807, 2.05) is 12.1 Å².